The van der Waals surface area contributed by atoms with E-state index >= 15 is 0 Å². The number of amides is 1. The fraction of sp³-hybridized carbons (Fsp3) is 0.500. The van der Waals surface area contributed by atoms with E-state index in [4.69, 9.17) is 5.73 Å². The summed E-state index contributed by atoms with van der Waals surface area (Å²) < 4.78 is 0. The smallest absolute Gasteiger partial charge is 0.226 e. The van der Waals surface area contributed by atoms with Gasteiger partial charge >= 0.3 is 0 Å². The minimum absolute atomic E-state index is 0.237. The van der Waals surface area contributed by atoms with Crippen LogP contribution in [0.15, 0.2) is 24.3 Å². The van der Waals surface area contributed by atoms with Crippen LogP contribution in [0.25, 0.3) is 0 Å². The second-order valence-corrected chi connectivity index (χ2v) is 5.01. The molecular formula is C14H20N2O. The second kappa shape index (κ2) is 5.21. The van der Waals surface area contributed by atoms with Crippen LogP contribution in [0.4, 0.5) is 5.69 Å². The summed E-state index contributed by atoms with van der Waals surface area (Å²) in [7, 11) is 0. The number of rotatable bonds is 2. The van der Waals surface area contributed by atoms with Gasteiger partial charge < -0.3 is 10.6 Å². The van der Waals surface area contributed by atoms with Crippen LogP contribution in [0.2, 0.25) is 0 Å². The Kier molecular flexibility index (Phi) is 3.67. The molecule has 3 nitrogen and oxygen atoms in total. The number of hydrogen-bond donors (Lipinski definition) is 1. The quantitative estimate of drug-likeness (QED) is 0.793. The fourth-order valence-electron chi connectivity index (χ4n) is 2.34. The highest BCUT2D eigenvalue weighted by molar-refractivity contribution is 5.79. The number of hydrogen-bond acceptors (Lipinski definition) is 2. The van der Waals surface area contributed by atoms with E-state index in [0.29, 0.717) is 12.3 Å². The lowest BCUT2D eigenvalue weighted by Crippen LogP contribution is -2.39. The zero-order valence-electron chi connectivity index (χ0n) is 10.4. The van der Waals surface area contributed by atoms with Gasteiger partial charge in [-0.3, -0.25) is 4.79 Å². The summed E-state index contributed by atoms with van der Waals surface area (Å²) in [6, 6.07) is 7.56. The molecule has 1 heterocycles. The molecule has 0 bridgehead atoms. The van der Waals surface area contributed by atoms with Gasteiger partial charge in [0.05, 0.1) is 6.42 Å². The number of benzene rings is 1. The van der Waals surface area contributed by atoms with Gasteiger partial charge in [0.25, 0.3) is 0 Å². The van der Waals surface area contributed by atoms with Gasteiger partial charge in [0.1, 0.15) is 0 Å². The lowest BCUT2D eigenvalue weighted by molar-refractivity contribution is -0.132. The maximum atomic E-state index is 12.1. The van der Waals surface area contributed by atoms with Gasteiger partial charge in [0, 0.05) is 18.8 Å². The van der Waals surface area contributed by atoms with Crippen LogP contribution in [-0.4, -0.2) is 23.9 Å². The summed E-state index contributed by atoms with van der Waals surface area (Å²) in [5.41, 5.74) is 7.41. The lowest BCUT2D eigenvalue weighted by Gasteiger charge is -2.31. The summed E-state index contributed by atoms with van der Waals surface area (Å²) >= 11 is 0. The van der Waals surface area contributed by atoms with E-state index in [1.54, 1.807) is 0 Å². The van der Waals surface area contributed by atoms with Crippen LogP contribution in [0.5, 0.6) is 0 Å². The zero-order valence-corrected chi connectivity index (χ0v) is 10.4. The first-order chi connectivity index (χ1) is 8.15. The lowest BCUT2D eigenvalue weighted by atomic mass is 9.99. The molecule has 3 heteroatoms. The largest absolute Gasteiger partial charge is 0.399 e. The van der Waals surface area contributed by atoms with E-state index < -0.39 is 0 Å². The average Bonchev–Trinajstić information content (AvgIpc) is 2.32. The molecule has 2 N–H and O–H groups in total. The first-order valence-electron chi connectivity index (χ1n) is 6.27. The molecule has 1 amide bonds. The van der Waals surface area contributed by atoms with E-state index in [0.717, 1.165) is 30.8 Å². The average molecular weight is 232 g/mol. The number of anilines is 1. The van der Waals surface area contributed by atoms with Crippen LogP contribution < -0.4 is 5.73 Å². The highest BCUT2D eigenvalue weighted by Crippen LogP contribution is 2.16. The zero-order chi connectivity index (χ0) is 12.3. The van der Waals surface area contributed by atoms with E-state index in [9.17, 15) is 4.79 Å². The Morgan fingerprint density at radius 2 is 2.12 bits per heavy atom. The van der Waals surface area contributed by atoms with Crippen molar-refractivity contribution in [3.8, 4) is 0 Å². The number of carbonyl (C=O) groups is 1. The van der Waals surface area contributed by atoms with Crippen LogP contribution in [-0.2, 0) is 11.2 Å². The third-order valence-corrected chi connectivity index (χ3v) is 3.34. The van der Waals surface area contributed by atoms with Gasteiger partial charge in [0.15, 0.2) is 0 Å². The predicted molar refractivity (Wildman–Crippen MR) is 69.5 cm³/mol. The number of nitrogens with zero attached hydrogens (tertiary/aromatic N) is 1. The number of nitrogens with two attached hydrogens (primary N) is 1. The Labute approximate surface area is 103 Å². The van der Waals surface area contributed by atoms with Gasteiger partial charge in [0.2, 0.25) is 5.91 Å². The van der Waals surface area contributed by atoms with Crippen molar-refractivity contribution in [2.75, 3.05) is 18.8 Å². The molecule has 0 radical (unpaired) electrons. The van der Waals surface area contributed by atoms with Crippen molar-refractivity contribution in [3.05, 3.63) is 29.8 Å². The molecule has 1 aromatic rings. The Bertz CT molecular complexity index is 386. The molecule has 0 aromatic heterocycles. The molecule has 0 saturated carbocycles. The third kappa shape index (κ3) is 3.22. The summed E-state index contributed by atoms with van der Waals surface area (Å²) in [5.74, 6) is 0.875. The first kappa shape index (κ1) is 12.0. The van der Waals surface area contributed by atoms with Crippen LogP contribution in [0.1, 0.15) is 25.3 Å². The van der Waals surface area contributed by atoms with E-state index in [2.05, 4.69) is 6.92 Å². The first-order valence-corrected chi connectivity index (χ1v) is 6.27. The summed E-state index contributed by atoms with van der Waals surface area (Å²) in [6.07, 6.45) is 2.87. The monoisotopic (exact) mass is 232 g/mol. The molecule has 92 valence electrons. The normalized spacial score (nSPS) is 20.3. The molecular weight excluding hydrogens is 212 g/mol. The minimum atomic E-state index is 0.237. The Balaban J connectivity index is 1.94. The maximum absolute atomic E-state index is 12.1. The molecule has 17 heavy (non-hydrogen) atoms. The molecule has 1 saturated heterocycles. The standard InChI is InChI=1S/C14H20N2O/c1-11-3-2-8-16(10-11)14(17)9-12-4-6-13(15)7-5-12/h4-7,11H,2-3,8-10,15H2,1H3/t11-/m0/s1. The molecule has 0 unspecified atom stereocenters. The fourth-order valence-corrected chi connectivity index (χ4v) is 2.34. The van der Waals surface area contributed by atoms with Crippen molar-refractivity contribution in [1.82, 2.24) is 4.90 Å². The second-order valence-electron chi connectivity index (χ2n) is 5.01. The maximum Gasteiger partial charge on any atom is 0.226 e. The molecule has 2 rings (SSSR count). The highest BCUT2D eigenvalue weighted by atomic mass is 16.2. The SMILES string of the molecule is C[C@H]1CCCN(C(=O)Cc2ccc(N)cc2)C1. The van der Waals surface area contributed by atoms with E-state index in [1.807, 2.05) is 29.2 Å². The Morgan fingerprint density at radius 1 is 1.41 bits per heavy atom. The third-order valence-electron chi connectivity index (χ3n) is 3.34. The van der Waals surface area contributed by atoms with Crippen molar-refractivity contribution in [2.24, 2.45) is 5.92 Å². The van der Waals surface area contributed by atoms with Gasteiger partial charge in [-0.15, -0.1) is 0 Å². The topological polar surface area (TPSA) is 46.3 Å². The van der Waals surface area contributed by atoms with Crippen LogP contribution in [0.3, 0.4) is 0 Å². The van der Waals surface area contributed by atoms with Crippen molar-refractivity contribution in [3.63, 3.8) is 0 Å². The molecule has 1 aliphatic rings. The molecule has 1 aliphatic heterocycles. The van der Waals surface area contributed by atoms with Gasteiger partial charge in [-0.05, 0) is 36.5 Å². The number of piperidine rings is 1. The van der Waals surface area contributed by atoms with Crippen molar-refractivity contribution in [1.29, 1.82) is 0 Å². The molecule has 1 atom stereocenters. The van der Waals surface area contributed by atoms with E-state index in [-0.39, 0.29) is 5.91 Å². The summed E-state index contributed by atoms with van der Waals surface area (Å²) in [5, 5.41) is 0. The summed E-state index contributed by atoms with van der Waals surface area (Å²) in [6.45, 7) is 4.04. The number of carbonyl (C=O) groups excluding carboxylic acids is 1. The van der Waals surface area contributed by atoms with Gasteiger partial charge in [-0.2, -0.15) is 0 Å². The van der Waals surface area contributed by atoms with Crippen LogP contribution in [0, 0.1) is 5.92 Å². The Morgan fingerprint density at radius 3 is 2.76 bits per heavy atom. The van der Waals surface area contributed by atoms with Crippen molar-refractivity contribution < 1.29 is 4.79 Å². The van der Waals surface area contributed by atoms with E-state index in [1.165, 1.54) is 6.42 Å². The molecule has 1 fully saturated rings. The van der Waals surface area contributed by atoms with Gasteiger partial charge in [-0.25, -0.2) is 0 Å². The predicted octanol–water partition coefficient (Wildman–Crippen LogP) is 2.07. The summed E-state index contributed by atoms with van der Waals surface area (Å²) in [4.78, 5) is 14.1. The Hall–Kier alpha value is -1.51. The highest BCUT2D eigenvalue weighted by Gasteiger charge is 2.20. The molecule has 0 aliphatic carbocycles. The van der Waals surface area contributed by atoms with Crippen molar-refractivity contribution >= 4 is 11.6 Å². The number of likely N-dealkylation sites (tertiary alicyclic amines) is 1. The minimum Gasteiger partial charge on any atom is -0.399 e. The van der Waals surface area contributed by atoms with Crippen LogP contribution >= 0.6 is 0 Å². The molecule has 0 spiro atoms. The van der Waals surface area contributed by atoms with Crippen molar-refractivity contribution in [2.45, 2.75) is 26.2 Å². The molecule has 1 aromatic carbocycles. The number of nitrogen functional groups attached to an aromatic ring is 1. The van der Waals surface area contributed by atoms with Gasteiger partial charge in [-0.1, -0.05) is 19.1 Å².